The van der Waals surface area contributed by atoms with E-state index in [1.54, 1.807) is 23.1 Å². The number of rotatable bonds is 8. The summed E-state index contributed by atoms with van der Waals surface area (Å²) in [5.74, 6) is 0.474. The number of carbonyl (C=O) groups is 1. The van der Waals surface area contributed by atoms with Crippen LogP contribution in [0.2, 0.25) is 5.02 Å². The third kappa shape index (κ3) is 5.71. The van der Waals surface area contributed by atoms with Crippen LogP contribution in [0.3, 0.4) is 0 Å². The van der Waals surface area contributed by atoms with Gasteiger partial charge in [-0.05, 0) is 54.9 Å². The van der Waals surface area contributed by atoms with Gasteiger partial charge in [-0.1, -0.05) is 61.0 Å². The molecule has 0 saturated carbocycles. The molecule has 0 aliphatic rings. The summed E-state index contributed by atoms with van der Waals surface area (Å²) in [6, 6.07) is 22.9. The highest BCUT2D eigenvalue weighted by atomic mass is 35.5. The molecular weight excluding hydrogens is 448 g/mol. The summed E-state index contributed by atoms with van der Waals surface area (Å²) in [4.78, 5) is 37.2. The van der Waals surface area contributed by atoms with E-state index in [4.69, 9.17) is 11.6 Å². The minimum Gasteiger partial charge on any atom is -0.309 e. The molecule has 0 bridgehead atoms. The number of fused-ring (bicyclic) bond motifs is 1. The van der Waals surface area contributed by atoms with Crippen LogP contribution >= 0.6 is 11.6 Å². The lowest BCUT2D eigenvalue weighted by atomic mass is 10.1. The summed E-state index contributed by atoms with van der Waals surface area (Å²) in [7, 11) is 0. The smallest absolute Gasteiger partial charge is 0.258 e. The largest absolute Gasteiger partial charge is 0.309 e. The predicted molar refractivity (Wildman–Crippen MR) is 137 cm³/mol. The van der Waals surface area contributed by atoms with Gasteiger partial charge in [-0.25, -0.2) is 4.98 Å². The Balaban J connectivity index is 1.57. The number of aromatic amines is 1. The first-order valence-electron chi connectivity index (χ1n) is 11.2. The van der Waals surface area contributed by atoms with Gasteiger partial charge >= 0.3 is 0 Å². The monoisotopic (exact) mass is 474 g/mol. The Morgan fingerprint density at radius 1 is 1.00 bits per heavy atom. The molecule has 7 heteroatoms. The normalized spacial score (nSPS) is 11.2. The zero-order valence-electron chi connectivity index (χ0n) is 19.3. The van der Waals surface area contributed by atoms with Gasteiger partial charge in [0.25, 0.3) is 5.56 Å². The molecule has 0 aliphatic carbocycles. The molecule has 1 aromatic heterocycles. The molecule has 174 valence electrons. The van der Waals surface area contributed by atoms with Crippen LogP contribution in [-0.2, 0) is 17.9 Å². The third-order valence-electron chi connectivity index (χ3n) is 5.69. The Morgan fingerprint density at radius 3 is 2.53 bits per heavy atom. The highest BCUT2D eigenvalue weighted by Crippen LogP contribution is 2.20. The summed E-state index contributed by atoms with van der Waals surface area (Å²) in [6.07, 6.45) is 0. The molecule has 6 nitrogen and oxygen atoms in total. The highest BCUT2D eigenvalue weighted by molar-refractivity contribution is 6.31. The number of benzene rings is 3. The van der Waals surface area contributed by atoms with Gasteiger partial charge in [0, 0.05) is 10.7 Å². The second-order valence-electron chi connectivity index (χ2n) is 8.28. The summed E-state index contributed by atoms with van der Waals surface area (Å²) < 4.78 is 0. The van der Waals surface area contributed by atoms with E-state index >= 15 is 0 Å². The number of carbonyl (C=O) groups excluding carboxylic acids is 1. The number of anilines is 1. The van der Waals surface area contributed by atoms with E-state index in [0.29, 0.717) is 41.4 Å². The molecule has 1 N–H and O–H groups in total. The molecule has 0 unspecified atom stereocenters. The Hall–Kier alpha value is -3.48. The van der Waals surface area contributed by atoms with E-state index < -0.39 is 0 Å². The van der Waals surface area contributed by atoms with E-state index in [-0.39, 0.29) is 18.0 Å². The maximum Gasteiger partial charge on any atom is 0.258 e. The number of hydrogen-bond donors (Lipinski definition) is 1. The number of nitrogens with zero attached hydrogens (tertiary/aromatic N) is 3. The molecule has 3 aromatic carbocycles. The zero-order valence-corrected chi connectivity index (χ0v) is 20.0. The van der Waals surface area contributed by atoms with Gasteiger partial charge in [0.05, 0.1) is 30.5 Å². The Bertz CT molecular complexity index is 1350. The van der Waals surface area contributed by atoms with E-state index in [1.807, 2.05) is 73.3 Å². The number of H-pyrrole nitrogens is 1. The Labute approximate surface area is 203 Å². The van der Waals surface area contributed by atoms with Crippen LogP contribution in [0.1, 0.15) is 23.9 Å². The highest BCUT2D eigenvalue weighted by Gasteiger charge is 2.20. The van der Waals surface area contributed by atoms with Crippen molar-refractivity contribution in [3.8, 4) is 0 Å². The molecule has 0 spiro atoms. The van der Waals surface area contributed by atoms with Crippen molar-refractivity contribution in [2.45, 2.75) is 26.9 Å². The van der Waals surface area contributed by atoms with Crippen LogP contribution in [0, 0.1) is 6.92 Å². The molecule has 34 heavy (non-hydrogen) atoms. The number of halogens is 1. The van der Waals surface area contributed by atoms with Gasteiger partial charge in [-0.15, -0.1) is 0 Å². The molecule has 0 aliphatic heterocycles. The van der Waals surface area contributed by atoms with Gasteiger partial charge < -0.3 is 9.88 Å². The molecular formula is C27H27ClN4O2. The summed E-state index contributed by atoms with van der Waals surface area (Å²) in [6.45, 7) is 5.63. The van der Waals surface area contributed by atoms with Crippen LogP contribution < -0.4 is 10.5 Å². The summed E-state index contributed by atoms with van der Waals surface area (Å²) in [5, 5.41) is 1.01. The predicted octanol–water partition coefficient (Wildman–Crippen LogP) is 4.94. The van der Waals surface area contributed by atoms with Gasteiger partial charge in [0.15, 0.2) is 0 Å². The van der Waals surface area contributed by atoms with E-state index in [0.717, 1.165) is 16.8 Å². The number of likely N-dealkylation sites (N-methyl/N-ethyl adjacent to an activating group) is 1. The second-order valence-corrected chi connectivity index (χ2v) is 8.72. The molecule has 1 heterocycles. The quantitative estimate of drug-likeness (QED) is 0.392. The zero-order chi connectivity index (χ0) is 24.1. The fraction of sp³-hybridized carbons (Fsp3) is 0.222. The van der Waals surface area contributed by atoms with Gasteiger partial charge in [0.2, 0.25) is 5.91 Å². The van der Waals surface area contributed by atoms with Crippen molar-refractivity contribution >= 4 is 34.1 Å². The van der Waals surface area contributed by atoms with E-state index in [9.17, 15) is 9.59 Å². The number of hydrogen-bond acceptors (Lipinski definition) is 4. The van der Waals surface area contributed by atoms with Crippen molar-refractivity contribution in [3.63, 3.8) is 0 Å². The van der Waals surface area contributed by atoms with E-state index in [2.05, 4.69) is 9.97 Å². The van der Waals surface area contributed by atoms with Crippen molar-refractivity contribution in [2.75, 3.05) is 18.0 Å². The number of amides is 1. The second kappa shape index (κ2) is 10.6. The maximum absolute atomic E-state index is 13.5. The third-order valence-corrected chi connectivity index (χ3v) is 5.93. The van der Waals surface area contributed by atoms with Crippen molar-refractivity contribution in [2.24, 2.45) is 0 Å². The first kappa shape index (κ1) is 23.7. The molecule has 1 amide bonds. The minimum atomic E-state index is -0.218. The Morgan fingerprint density at radius 2 is 1.79 bits per heavy atom. The van der Waals surface area contributed by atoms with Crippen molar-refractivity contribution in [3.05, 3.63) is 105 Å². The molecule has 4 aromatic rings. The SMILES string of the molecule is CCN(CC(=O)N(Cc1ccccc1)c1cccc(C)c1)Cc1nc2cc(Cl)ccc2c(=O)[nH]1. The number of aromatic nitrogens is 2. The average molecular weight is 475 g/mol. The fourth-order valence-corrected chi connectivity index (χ4v) is 4.06. The lowest BCUT2D eigenvalue weighted by Gasteiger charge is -2.27. The van der Waals surface area contributed by atoms with Crippen molar-refractivity contribution in [1.82, 2.24) is 14.9 Å². The van der Waals surface area contributed by atoms with E-state index in [1.165, 1.54) is 0 Å². The van der Waals surface area contributed by atoms with Crippen LogP contribution in [0.25, 0.3) is 10.9 Å². The first-order valence-corrected chi connectivity index (χ1v) is 11.6. The molecule has 0 fully saturated rings. The fourth-order valence-electron chi connectivity index (χ4n) is 3.89. The molecule has 4 rings (SSSR count). The lowest BCUT2D eigenvalue weighted by molar-refractivity contribution is -0.120. The summed E-state index contributed by atoms with van der Waals surface area (Å²) >= 11 is 6.08. The molecule has 0 saturated heterocycles. The number of nitrogens with one attached hydrogen (secondary N) is 1. The van der Waals surface area contributed by atoms with Crippen LogP contribution in [0.5, 0.6) is 0 Å². The van der Waals surface area contributed by atoms with Crippen molar-refractivity contribution < 1.29 is 4.79 Å². The molecule has 0 atom stereocenters. The number of aryl methyl sites for hydroxylation is 1. The average Bonchev–Trinajstić information content (AvgIpc) is 2.82. The van der Waals surface area contributed by atoms with Gasteiger partial charge in [-0.3, -0.25) is 14.5 Å². The minimum absolute atomic E-state index is 0.0255. The van der Waals surface area contributed by atoms with Crippen molar-refractivity contribution in [1.29, 1.82) is 0 Å². The lowest BCUT2D eigenvalue weighted by Crippen LogP contribution is -2.40. The molecule has 0 radical (unpaired) electrons. The van der Waals surface area contributed by atoms with Crippen LogP contribution in [-0.4, -0.2) is 33.9 Å². The maximum atomic E-state index is 13.5. The summed E-state index contributed by atoms with van der Waals surface area (Å²) in [5.41, 5.74) is 3.32. The first-order chi connectivity index (χ1) is 16.4. The van der Waals surface area contributed by atoms with Gasteiger partial charge in [0.1, 0.15) is 5.82 Å². The topological polar surface area (TPSA) is 69.3 Å². The van der Waals surface area contributed by atoms with Crippen LogP contribution in [0.15, 0.2) is 77.6 Å². The Kier molecular flexibility index (Phi) is 7.40. The van der Waals surface area contributed by atoms with Crippen LogP contribution in [0.4, 0.5) is 5.69 Å². The van der Waals surface area contributed by atoms with Gasteiger partial charge in [-0.2, -0.15) is 0 Å². The standard InChI is InChI=1S/C27H27ClN4O2/c1-3-31(17-25-29-24-15-21(28)12-13-23(24)27(34)30-25)18-26(33)32(16-20-9-5-4-6-10-20)22-11-7-8-19(2)14-22/h4-15H,3,16-18H2,1-2H3,(H,29,30,34).